The summed E-state index contributed by atoms with van der Waals surface area (Å²) in [7, 11) is 1.29. The van der Waals surface area contributed by atoms with Crippen molar-refractivity contribution in [3.63, 3.8) is 0 Å². The highest BCUT2D eigenvalue weighted by Crippen LogP contribution is 2.24. The molecule has 1 aliphatic rings. The van der Waals surface area contributed by atoms with Crippen molar-refractivity contribution in [2.45, 2.75) is 31.3 Å². The molecule has 0 unspecified atom stereocenters. The lowest BCUT2D eigenvalue weighted by atomic mass is 10.2. The predicted molar refractivity (Wildman–Crippen MR) is 75.1 cm³/mol. The number of hydrogen-bond acceptors (Lipinski definition) is 4. The normalized spacial score (nSPS) is 20.4. The lowest BCUT2D eigenvalue weighted by Gasteiger charge is -2.26. The van der Waals surface area contributed by atoms with Gasteiger partial charge in [0.2, 0.25) is 11.8 Å². The van der Waals surface area contributed by atoms with Crippen molar-refractivity contribution in [3.05, 3.63) is 35.9 Å². The van der Waals surface area contributed by atoms with Crippen LogP contribution in [0.4, 0.5) is 13.2 Å². The Morgan fingerprint density at radius 1 is 1.30 bits per heavy atom. The van der Waals surface area contributed by atoms with E-state index in [0.29, 0.717) is 0 Å². The zero-order valence-electron chi connectivity index (χ0n) is 12.5. The van der Waals surface area contributed by atoms with Gasteiger partial charge in [-0.15, -0.1) is 0 Å². The first-order chi connectivity index (χ1) is 10.7. The fourth-order valence-electron chi connectivity index (χ4n) is 2.45. The molecule has 23 heavy (non-hydrogen) atoms. The number of hydrogen-bond donors (Lipinski definition) is 1. The van der Waals surface area contributed by atoms with Crippen LogP contribution in [0.2, 0.25) is 0 Å². The molecular formula is C15H17F3N2O3. The van der Waals surface area contributed by atoms with Gasteiger partial charge in [-0.2, -0.15) is 13.2 Å². The van der Waals surface area contributed by atoms with Gasteiger partial charge in [0.05, 0.1) is 19.0 Å². The maximum Gasteiger partial charge on any atom is 0.415 e. The molecule has 0 radical (unpaired) electrons. The number of benzene rings is 1. The van der Waals surface area contributed by atoms with Crippen LogP contribution >= 0.6 is 0 Å². The van der Waals surface area contributed by atoms with E-state index < -0.39 is 36.7 Å². The number of imide groups is 1. The van der Waals surface area contributed by atoms with Crippen LogP contribution in [0.25, 0.3) is 0 Å². The smallest absolute Gasteiger partial charge is 0.382 e. The number of carbonyl (C=O) groups is 2. The second kappa shape index (κ2) is 6.67. The van der Waals surface area contributed by atoms with Crippen LogP contribution in [0.15, 0.2) is 30.3 Å². The summed E-state index contributed by atoms with van der Waals surface area (Å²) in [5, 5.41) is 9.09. The van der Waals surface area contributed by atoms with E-state index in [-0.39, 0.29) is 13.0 Å². The fourth-order valence-corrected chi connectivity index (χ4v) is 2.45. The fraction of sp³-hybridized carbons (Fsp3) is 0.467. The monoisotopic (exact) mass is 330 g/mol. The molecule has 1 aromatic carbocycles. The number of likely N-dealkylation sites (N-methyl/N-ethyl adjacent to an activating group) is 1. The molecule has 2 amide bonds. The van der Waals surface area contributed by atoms with Gasteiger partial charge in [-0.1, -0.05) is 30.3 Å². The summed E-state index contributed by atoms with van der Waals surface area (Å²) in [6.07, 6.45) is -7.50. The van der Waals surface area contributed by atoms with E-state index in [1.54, 1.807) is 30.3 Å². The number of carbonyl (C=O) groups excluding carboxylic acids is 2. The van der Waals surface area contributed by atoms with Crippen molar-refractivity contribution in [2.24, 2.45) is 0 Å². The summed E-state index contributed by atoms with van der Waals surface area (Å²) in [6.45, 7) is -0.670. The molecule has 2 rings (SSSR count). The van der Waals surface area contributed by atoms with Crippen LogP contribution in [0.3, 0.4) is 0 Å². The molecule has 0 aliphatic carbocycles. The first-order valence-corrected chi connectivity index (χ1v) is 7.03. The Bertz CT molecular complexity index is 577. The van der Waals surface area contributed by atoms with E-state index in [9.17, 15) is 22.8 Å². The molecule has 0 spiro atoms. The third-order valence-corrected chi connectivity index (χ3v) is 3.77. The lowest BCUT2D eigenvalue weighted by molar-refractivity contribution is -0.208. The van der Waals surface area contributed by atoms with Crippen molar-refractivity contribution in [3.8, 4) is 0 Å². The van der Waals surface area contributed by atoms with Crippen LogP contribution in [-0.2, 0) is 16.1 Å². The Kier molecular flexibility index (Phi) is 5.06. The summed E-state index contributed by atoms with van der Waals surface area (Å²) in [4.78, 5) is 26.4. The molecule has 1 aliphatic heterocycles. The first-order valence-electron chi connectivity index (χ1n) is 7.03. The number of rotatable bonds is 5. The Morgan fingerprint density at radius 2 is 1.91 bits per heavy atom. The van der Waals surface area contributed by atoms with E-state index in [2.05, 4.69) is 0 Å². The summed E-state index contributed by atoms with van der Waals surface area (Å²) >= 11 is 0. The van der Waals surface area contributed by atoms with E-state index >= 15 is 0 Å². The molecule has 126 valence electrons. The van der Waals surface area contributed by atoms with Crippen molar-refractivity contribution >= 4 is 11.8 Å². The number of alkyl halides is 3. The Morgan fingerprint density at radius 3 is 2.48 bits per heavy atom. The maximum absolute atomic E-state index is 12.4. The number of aliphatic hydroxyl groups excluding tert-OH is 1. The summed E-state index contributed by atoms with van der Waals surface area (Å²) < 4.78 is 37.2. The number of halogens is 3. The zero-order valence-corrected chi connectivity index (χ0v) is 12.5. The minimum Gasteiger partial charge on any atom is -0.382 e. The minimum atomic E-state index is -4.76. The van der Waals surface area contributed by atoms with Crippen LogP contribution in [0.5, 0.6) is 0 Å². The average Bonchev–Trinajstić information content (AvgIpc) is 2.75. The van der Waals surface area contributed by atoms with Gasteiger partial charge in [0.25, 0.3) is 0 Å². The highest BCUT2D eigenvalue weighted by atomic mass is 19.4. The van der Waals surface area contributed by atoms with Gasteiger partial charge in [-0.25, -0.2) is 0 Å². The molecule has 2 atom stereocenters. The van der Waals surface area contributed by atoms with Crippen LogP contribution < -0.4 is 0 Å². The average molecular weight is 330 g/mol. The van der Waals surface area contributed by atoms with Crippen LogP contribution in [-0.4, -0.2) is 58.6 Å². The Labute approximate surface area is 131 Å². The zero-order chi connectivity index (χ0) is 17.2. The lowest BCUT2D eigenvalue weighted by Crippen LogP contribution is -2.46. The van der Waals surface area contributed by atoms with E-state index in [4.69, 9.17) is 5.11 Å². The molecule has 0 saturated carbocycles. The third-order valence-electron chi connectivity index (χ3n) is 3.77. The van der Waals surface area contributed by atoms with Gasteiger partial charge in [-0.3, -0.25) is 19.4 Å². The predicted octanol–water partition coefficient (Wildman–Crippen LogP) is 1.17. The molecule has 5 nitrogen and oxygen atoms in total. The Balaban J connectivity index is 2.03. The number of aliphatic hydroxyl groups is 1. The second-order valence-electron chi connectivity index (χ2n) is 5.52. The third kappa shape index (κ3) is 4.08. The standard InChI is InChI=1S/C15H17F3N2O3/c1-19(9-12(21)15(16,17)18)11-7-13(22)20(14(11)23)8-10-5-3-2-4-6-10/h2-6,11-12,21H,7-9H2,1H3/t11-,12-/m1/s1. The van der Waals surface area contributed by atoms with Crippen molar-refractivity contribution in [1.82, 2.24) is 9.80 Å². The molecular weight excluding hydrogens is 313 g/mol. The quantitative estimate of drug-likeness (QED) is 0.824. The number of likely N-dealkylation sites (tertiary alicyclic amines) is 1. The first kappa shape index (κ1) is 17.4. The van der Waals surface area contributed by atoms with Gasteiger partial charge in [0.1, 0.15) is 0 Å². The van der Waals surface area contributed by atoms with Gasteiger partial charge in [0, 0.05) is 6.54 Å². The van der Waals surface area contributed by atoms with Gasteiger partial charge < -0.3 is 5.11 Å². The molecule has 1 N–H and O–H groups in total. The summed E-state index contributed by atoms with van der Waals surface area (Å²) in [6, 6.07) is 7.86. The molecule has 0 aromatic heterocycles. The SMILES string of the molecule is CN(C[C@@H](O)C(F)(F)F)[C@@H]1CC(=O)N(Cc2ccccc2)C1=O. The van der Waals surface area contributed by atoms with E-state index in [1.165, 1.54) is 7.05 Å². The highest BCUT2D eigenvalue weighted by Gasteiger charge is 2.44. The summed E-state index contributed by atoms with van der Waals surface area (Å²) in [5.41, 5.74) is 0.757. The van der Waals surface area contributed by atoms with Crippen molar-refractivity contribution in [2.75, 3.05) is 13.6 Å². The Hall–Kier alpha value is -1.93. The second-order valence-corrected chi connectivity index (χ2v) is 5.52. The molecule has 8 heteroatoms. The number of amides is 2. The van der Waals surface area contributed by atoms with Gasteiger partial charge in [-0.05, 0) is 12.6 Å². The molecule has 1 fully saturated rings. The number of nitrogens with zero attached hydrogens (tertiary/aromatic N) is 2. The van der Waals surface area contributed by atoms with Gasteiger partial charge >= 0.3 is 6.18 Å². The minimum absolute atomic E-state index is 0.0880. The summed E-state index contributed by atoms with van der Waals surface area (Å²) in [5.74, 6) is -0.979. The molecule has 1 aromatic rings. The van der Waals surface area contributed by atoms with Crippen LogP contribution in [0.1, 0.15) is 12.0 Å². The molecule has 1 saturated heterocycles. The highest BCUT2D eigenvalue weighted by molar-refractivity contribution is 6.05. The van der Waals surface area contributed by atoms with Crippen molar-refractivity contribution < 1.29 is 27.9 Å². The van der Waals surface area contributed by atoms with Crippen molar-refractivity contribution in [1.29, 1.82) is 0 Å². The topological polar surface area (TPSA) is 60.9 Å². The van der Waals surface area contributed by atoms with Crippen LogP contribution in [0, 0.1) is 0 Å². The largest absolute Gasteiger partial charge is 0.415 e. The molecule has 0 bridgehead atoms. The maximum atomic E-state index is 12.4. The van der Waals surface area contributed by atoms with E-state index in [0.717, 1.165) is 15.4 Å². The molecule has 1 heterocycles. The van der Waals surface area contributed by atoms with E-state index in [1.807, 2.05) is 0 Å². The van der Waals surface area contributed by atoms with Gasteiger partial charge in [0.15, 0.2) is 6.10 Å².